The highest BCUT2D eigenvalue weighted by Crippen LogP contribution is 2.30. The van der Waals surface area contributed by atoms with Crippen LogP contribution in [0.25, 0.3) is 0 Å². The fourth-order valence-electron chi connectivity index (χ4n) is 2.59. The zero-order valence-corrected chi connectivity index (χ0v) is 12.9. The van der Waals surface area contributed by atoms with Crippen molar-refractivity contribution in [1.29, 1.82) is 0 Å². The number of hydrogen-bond acceptors (Lipinski definition) is 4. The average molecular weight is 296 g/mol. The molecule has 1 aromatic carbocycles. The first-order valence-electron chi connectivity index (χ1n) is 7.38. The summed E-state index contributed by atoms with van der Waals surface area (Å²) < 4.78 is 24.0. The maximum atomic E-state index is 12.0. The van der Waals surface area contributed by atoms with Crippen molar-refractivity contribution in [3.05, 3.63) is 24.3 Å². The number of anilines is 1. The van der Waals surface area contributed by atoms with E-state index in [2.05, 4.69) is 4.90 Å². The van der Waals surface area contributed by atoms with Gasteiger partial charge in [-0.15, -0.1) is 0 Å². The minimum Gasteiger partial charge on any atom is -0.367 e. The normalized spacial score (nSPS) is 15.9. The molecule has 0 radical (unpaired) electrons. The van der Waals surface area contributed by atoms with Crippen LogP contribution in [0.4, 0.5) is 5.69 Å². The number of nitrogens with zero attached hydrogens (tertiary/aromatic N) is 1. The largest absolute Gasteiger partial charge is 0.367 e. The molecule has 0 aliphatic heterocycles. The minimum absolute atomic E-state index is 0.210. The van der Waals surface area contributed by atoms with E-state index in [4.69, 9.17) is 5.73 Å². The van der Waals surface area contributed by atoms with E-state index in [1.165, 1.54) is 19.3 Å². The smallest absolute Gasteiger partial charge is 0.178 e. The third-order valence-corrected chi connectivity index (χ3v) is 5.82. The van der Waals surface area contributed by atoms with Gasteiger partial charge in [-0.25, -0.2) is 8.42 Å². The molecule has 4 nitrogen and oxygen atoms in total. The van der Waals surface area contributed by atoms with E-state index in [1.54, 1.807) is 12.1 Å². The topological polar surface area (TPSA) is 63.4 Å². The Morgan fingerprint density at radius 1 is 1.25 bits per heavy atom. The Balaban J connectivity index is 2.17. The number of benzene rings is 1. The Hall–Kier alpha value is -1.07. The molecule has 1 saturated carbocycles. The number of hydrogen-bond donors (Lipinski definition) is 1. The Kier molecular flexibility index (Phi) is 5.05. The molecule has 0 bridgehead atoms. The zero-order valence-electron chi connectivity index (χ0n) is 12.1. The molecule has 1 aliphatic carbocycles. The van der Waals surface area contributed by atoms with Crippen LogP contribution in [0.1, 0.15) is 32.6 Å². The highest BCUT2D eigenvalue weighted by atomic mass is 32.2. The van der Waals surface area contributed by atoms with E-state index in [0.717, 1.165) is 12.2 Å². The first-order valence-corrected chi connectivity index (χ1v) is 9.03. The van der Waals surface area contributed by atoms with Crippen molar-refractivity contribution in [2.24, 2.45) is 5.73 Å². The van der Waals surface area contributed by atoms with Crippen molar-refractivity contribution in [3.8, 4) is 0 Å². The van der Waals surface area contributed by atoms with Gasteiger partial charge in [-0.1, -0.05) is 6.92 Å². The molecule has 1 aliphatic rings. The van der Waals surface area contributed by atoms with Crippen LogP contribution in [-0.4, -0.2) is 33.3 Å². The van der Waals surface area contributed by atoms with Crippen LogP contribution < -0.4 is 10.6 Å². The third-order valence-electron chi connectivity index (χ3n) is 3.89. The van der Waals surface area contributed by atoms with Crippen LogP contribution >= 0.6 is 0 Å². The van der Waals surface area contributed by atoms with E-state index >= 15 is 0 Å². The van der Waals surface area contributed by atoms with E-state index < -0.39 is 9.84 Å². The lowest BCUT2D eigenvalue weighted by Gasteiger charge is -2.39. The Labute approximate surface area is 121 Å². The van der Waals surface area contributed by atoms with E-state index in [1.807, 2.05) is 19.1 Å². The van der Waals surface area contributed by atoms with Crippen LogP contribution in [0.5, 0.6) is 0 Å². The van der Waals surface area contributed by atoms with Crippen molar-refractivity contribution in [1.82, 2.24) is 0 Å². The van der Waals surface area contributed by atoms with Gasteiger partial charge in [0.2, 0.25) is 0 Å². The van der Waals surface area contributed by atoms with Crippen LogP contribution in [0.2, 0.25) is 0 Å². The van der Waals surface area contributed by atoms with Crippen LogP contribution in [-0.2, 0) is 9.84 Å². The Bertz CT molecular complexity index is 521. The lowest BCUT2D eigenvalue weighted by atomic mass is 9.91. The molecule has 0 atom stereocenters. The summed E-state index contributed by atoms with van der Waals surface area (Å²) in [5.41, 5.74) is 6.76. The molecule has 0 heterocycles. The summed E-state index contributed by atoms with van der Waals surface area (Å²) in [6.07, 6.45) is 4.33. The lowest BCUT2D eigenvalue weighted by molar-refractivity contribution is 0.388. The summed E-state index contributed by atoms with van der Waals surface area (Å²) in [6.45, 7) is 3.32. The summed E-state index contributed by atoms with van der Waals surface area (Å²) in [6, 6.07) is 7.84. The zero-order chi connectivity index (χ0) is 14.6. The van der Waals surface area contributed by atoms with Gasteiger partial charge in [-0.3, -0.25) is 0 Å². The highest BCUT2D eigenvalue weighted by molar-refractivity contribution is 7.91. The lowest BCUT2D eigenvalue weighted by Crippen LogP contribution is -2.43. The number of sulfone groups is 1. The van der Waals surface area contributed by atoms with Gasteiger partial charge in [0.1, 0.15) is 0 Å². The first kappa shape index (κ1) is 15.3. The number of rotatable bonds is 7. The van der Waals surface area contributed by atoms with E-state index in [-0.39, 0.29) is 5.75 Å². The molecule has 5 heteroatoms. The SMILES string of the molecule is CCCS(=O)(=O)c1ccc(N(CCN)C2CCC2)cc1. The Morgan fingerprint density at radius 3 is 2.35 bits per heavy atom. The second kappa shape index (κ2) is 6.59. The predicted molar refractivity (Wildman–Crippen MR) is 82.8 cm³/mol. The molecule has 2 rings (SSSR count). The van der Waals surface area contributed by atoms with Crippen molar-refractivity contribution in [2.75, 3.05) is 23.7 Å². The van der Waals surface area contributed by atoms with Crippen LogP contribution in [0.15, 0.2) is 29.2 Å². The summed E-state index contributed by atoms with van der Waals surface area (Å²) in [7, 11) is -3.12. The summed E-state index contributed by atoms with van der Waals surface area (Å²) in [4.78, 5) is 2.73. The van der Waals surface area contributed by atoms with Crippen molar-refractivity contribution in [2.45, 2.75) is 43.5 Å². The monoisotopic (exact) mass is 296 g/mol. The van der Waals surface area contributed by atoms with Gasteiger partial charge in [0.25, 0.3) is 0 Å². The molecule has 0 amide bonds. The van der Waals surface area contributed by atoms with Gasteiger partial charge < -0.3 is 10.6 Å². The van der Waals surface area contributed by atoms with Crippen LogP contribution in [0.3, 0.4) is 0 Å². The molecule has 0 spiro atoms. The molecule has 112 valence electrons. The average Bonchev–Trinajstić information content (AvgIpc) is 2.36. The fraction of sp³-hybridized carbons (Fsp3) is 0.600. The standard InChI is InChI=1S/C15H24N2O2S/c1-2-12-20(18,19)15-8-6-14(7-9-15)17(11-10-16)13-4-3-5-13/h6-9,13H,2-5,10-12,16H2,1H3. The molecule has 0 unspecified atom stereocenters. The second-order valence-electron chi connectivity index (χ2n) is 5.38. The van der Waals surface area contributed by atoms with Gasteiger partial charge in [-0.2, -0.15) is 0 Å². The summed E-state index contributed by atoms with van der Waals surface area (Å²) in [5.74, 6) is 0.210. The molecular weight excluding hydrogens is 272 g/mol. The van der Waals surface area contributed by atoms with E-state index in [9.17, 15) is 8.42 Å². The molecular formula is C15H24N2O2S. The third kappa shape index (κ3) is 3.33. The number of nitrogens with two attached hydrogens (primary N) is 1. The van der Waals surface area contributed by atoms with Gasteiger partial charge in [0.15, 0.2) is 9.84 Å². The first-order chi connectivity index (χ1) is 9.58. The van der Waals surface area contributed by atoms with Crippen LogP contribution in [0, 0.1) is 0 Å². The van der Waals surface area contributed by atoms with E-state index in [0.29, 0.717) is 23.9 Å². The quantitative estimate of drug-likeness (QED) is 0.837. The molecule has 20 heavy (non-hydrogen) atoms. The van der Waals surface area contributed by atoms with Gasteiger partial charge in [0, 0.05) is 24.8 Å². The van der Waals surface area contributed by atoms with Gasteiger partial charge >= 0.3 is 0 Å². The van der Waals surface area contributed by atoms with Gasteiger partial charge in [0.05, 0.1) is 10.6 Å². The summed E-state index contributed by atoms with van der Waals surface area (Å²) >= 11 is 0. The van der Waals surface area contributed by atoms with Crippen molar-refractivity contribution in [3.63, 3.8) is 0 Å². The Morgan fingerprint density at radius 2 is 1.90 bits per heavy atom. The molecule has 0 saturated heterocycles. The summed E-state index contributed by atoms with van der Waals surface area (Å²) in [5, 5.41) is 0. The fourth-order valence-corrected chi connectivity index (χ4v) is 3.92. The van der Waals surface area contributed by atoms with Gasteiger partial charge in [-0.05, 0) is 49.9 Å². The predicted octanol–water partition coefficient (Wildman–Crippen LogP) is 2.19. The maximum absolute atomic E-state index is 12.0. The molecule has 0 aromatic heterocycles. The van der Waals surface area contributed by atoms with Crippen molar-refractivity contribution < 1.29 is 8.42 Å². The molecule has 1 aromatic rings. The molecule has 2 N–H and O–H groups in total. The highest BCUT2D eigenvalue weighted by Gasteiger charge is 2.25. The minimum atomic E-state index is -3.12. The maximum Gasteiger partial charge on any atom is 0.178 e. The molecule has 1 fully saturated rings. The van der Waals surface area contributed by atoms with Crippen molar-refractivity contribution >= 4 is 15.5 Å². The second-order valence-corrected chi connectivity index (χ2v) is 7.49.